The van der Waals surface area contributed by atoms with E-state index in [0.29, 0.717) is 10.9 Å². The Kier molecular flexibility index (Phi) is 2.91. The second-order valence-electron chi connectivity index (χ2n) is 4.06. The van der Waals surface area contributed by atoms with Crippen molar-refractivity contribution in [2.45, 2.75) is 0 Å². The number of aromatic nitrogens is 2. The molecule has 3 aromatic rings. The summed E-state index contributed by atoms with van der Waals surface area (Å²) >= 11 is 3.28. The fraction of sp³-hybridized carbons (Fsp3) is 0. The van der Waals surface area contributed by atoms with Crippen LogP contribution < -0.4 is 5.56 Å². The van der Waals surface area contributed by atoms with Crippen LogP contribution in [-0.4, -0.2) is 9.97 Å². The van der Waals surface area contributed by atoms with Gasteiger partial charge < -0.3 is 4.98 Å². The molecule has 0 aliphatic carbocycles. The Morgan fingerprint density at radius 2 is 1.95 bits per heavy atom. The molecule has 1 heterocycles. The number of benzene rings is 2. The predicted octanol–water partition coefficient (Wildman–Crippen LogP) is 3.49. The molecular weight excluding hydrogens is 311 g/mol. The zero-order chi connectivity index (χ0) is 13.4. The maximum Gasteiger partial charge on any atom is 0.259 e. The minimum atomic E-state index is -0.429. The lowest BCUT2D eigenvalue weighted by molar-refractivity contribution is 0.629. The third kappa shape index (κ3) is 2.17. The van der Waals surface area contributed by atoms with Crippen LogP contribution in [0.1, 0.15) is 0 Å². The topological polar surface area (TPSA) is 45.8 Å². The lowest BCUT2D eigenvalue weighted by atomic mass is 10.2. The number of fused-ring (bicyclic) bond motifs is 1. The standard InChI is InChI=1S/C14H8BrFN2O/c15-8-5-6-11(16)10(7-8)13-17-12-4-2-1-3-9(12)14(19)18-13/h1-7H,(H,17,18,19). The van der Waals surface area contributed by atoms with Gasteiger partial charge in [0.1, 0.15) is 11.6 Å². The average Bonchev–Trinajstić information content (AvgIpc) is 2.41. The molecule has 5 heteroatoms. The number of H-pyrrole nitrogens is 1. The van der Waals surface area contributed by atoms with Gasteiger partial charge in [0.05, 0.1) is 16.5 Å². The van der Waals surface area contributed by atoms with E-state index >= 15 is 0 Å². The van der Waals surface area contributed by atoms with Crippen LogP contribution >= 0.6 is 15.9 Å². The number of halogens is 2. The van der Waals surface area contributed by atoms with E-state index in [0.717, 1.165) is 4.47 Å². The third-order valence-electron chi connectivity index (χ3n) is 2.80. The molecule has 0 saturated heterocycles. The highest BCUT2D eigenvalue weighted by Gasteiger charge is 2.10. The molecule has 2 aromatic carbocycles. The number of rotatable bonds is 1. The molecule has 94 valence electrons. The molecule has 1 aromatic heterocycles. The highest BCUT2D eigenvalue weighted by molar-refractivity contribution is 9.10. The van der Waals surface area contributed by atoms with Crippen molar-refractivity contribution >= 4 is 26.8 Å². The van der Waals surface area contributed by atoms with E-state index in [9.17, 15) is 9.18 Å². The van der Waals surface area contributed by atoms with Gasteiger partial charge in [-0.1, -0.05) is 28.1 Å². The first-order valence-corrected chi connectivity index (χ1v) is 6.39. The van der Waals surface area contributed by atoms with E-state index in [-0.39, 0.29) is 16.9 Å². The maximum absolute atomic E-state index is 13.8. The van der Waals surface area contributed by atoms with Crippen molar-refractivity contribution in [3.05, 3.63) is 63.1 Å². The average molecular weight is 319 g/mol. The number of para-hydroxylation sites is 1. The molecule has 1 N–H and O–H groups in total. The highest BCUT2D eigenvalue weighted by Crippen LogP contribution is 2.23. The fourth-order valence-corrected chi connectivity index (χ4v) is 2.25. The number of nitrogens with one attached hydrogen (secondary N) is 1. The molecule has 0 fully saturated rings. The van der Waals surface area contributed by atoms with Gasteiger partial charge in [-0.05, 0) is 30.3 Å². The van der Waals surface area contributed by atoms with E-state index in [1.54, 1.807) is 36.4 Å². The Labute approximate surface area is 116 Å². The lowest BCUT2D eigenvalue weighted by Gasteiger charge is -2.05. The van der Waals surface area contributed by atoms with Crippen LogP contribution in [-0.2, 0) is 0 Å². The molecule has 0 unspecified atom stereocenters. The zero-order valence-electron chi connectivity index (χ0n) is 9.65. The lowest BCUT2D eigenvalue weighted by Crippen LogP contribution is -2.09. The number of hydrogen-bond donors (Lipinski definition) is 1. The molecule has 3 nitrogen and oxygen atoms in total. The van der Waals surface area contributed by atoms with Crippen LogP contribution in [0.3, 0.4) is 0 Å². The van der Waals surface area contributed by atoms with Gasteiger partial charge in [-0.3, -0.25) is 4.79 Å². The summed E-state index contributed by atoms with van der Waals surface area (Å²) in [4.78, 5) is 18.8. The van der Waals surface area contributed by atoms with Crippen LogP contribution in [0.25, 0.3) is 22.3 Å². The summed E-state index contributed by atoms with van der Waals surface area (Å²) in [6.07, 6.45) is 0. The van der Waals surface area contributed by atoms with Crippen LogP contribution in [0.4, 0.5) is 4.39 Å². The Morgan fingerprint density at radius 1 is 1.16 bits per heavy atom. The number of nitrogens with zero attached hydrogens (tertiary/aromatic N) is 1. The molecule has 0 saturated carbocycles. The third-order valence-corrected chi connectivity index (χ3v) is 3.29. The van der Waals surface area contributed by atoms with Crippen LogP contribution in [0.2, 0.25) is 0 Å². The van der Waals surface area contributed by atoms with Gasteiger partial charge in [0.2, 0.25) is 0 Å². The molecule has 0 bridgehead atoms. The van der Waals surface area contributed by atoms with Crippen LogP contribution in [0.5, 0.6) is 0 Å². The first kappa shape index (κ1) is 12.0. The van der Waals surface area contributed by atoms with Crippen molar-refractivity contribution in [1.29, 1.82) is 0 Å². The van der Waals surface area contributed by atoms with Crippen LogP contribution in [0.15, 0.2) is 51.7 Å². The van der Waals surface area contributed by atoms with Gasteiger partial charge in [0.15, 0.2) is 0 Å². The van der Waals surface area contributed by atoms with E-state index in [4.69, 9.17) is 0 Å². The smallest absolute Gasteiger partial charge is 0.259 e. The van der Waals surface area contributed by atoms with E-state index in [1.165, 1.54) is 6.07 Å². The van der Waals surface area contributed by atoms with E-state index in [1.807, 2.05) is 0 Å². The minimum Gasteiger partial charge on any atom is -0.306 e. The molecule has 0 aliphatic heterocycles. The van der Waals surface area contributed by atoms with Gasteiger partial charge in [0, 0.05) is 4.47 Å². The Morgan fingerprint density at radius 3 is 2.79 bits per heavy atom. The molecule has 3 rings (SSSR count). The maximum atomic E-state index is 13.8. The highest BCUT2D eigenvalue weighted by atomic mass is 79.9. The molecule has 0 radical (unpaired) electrons. The predicted molar refractivity (Wildman–Crippen MR) is 75.5 cm³/mol. The molecule has 0 aliphatic rings. The SMILES string of the molecule is O=c1[nH]c(-c2cc(Br)ccc2F)nc2ccccc12. The number of aromatic amines is 1. The summed E-state index contributed by atoms with van der Waals surface area (Å²) in [6.45, 7) is 0. The second kappa shape index (κ2) is 4.59. The molecule has 19 heavy (non-hydrogen) atoms. The summed E-state index contributed by atoms with van der Waals surface area (Å²) < 4.78 is 14.5. The quantitative estimate of drug-likeness (QED) is 0.746. The molecule has 0 spiro atoms. The second-order valence-corrected chi connectivity index (χ2v) is 4.97. The van der Waals surface area contributed by atoms with E-state index in [2.05, 4.69) is 25.9 Å². The molecule has 0 atom stereocenters. The van der Waals surface area contributed by atoms with Gasteiger partial charge >= 0.3 is 0 Å². The van der Waals surface area contributed by atoms with Crippen molar-refractivity contribution in [1.82, 2.24) is 9.97 Å². The first-order chi connectivity index (χ1) is 9.15. The summed E-state index contributed by atoms with van der Waals surface area (Å²) in [5, 5.41) is 0.488. The van der Waals surface area contributed by atoms with Crippen molar-refractivity contribution in [3.63, 3.8) is 0 Å². The van der Waals surface area contributed by atoms with Crippen LogP contribution in [0, 0.1) is 5.82 Å². The molecule has 0 amide bonds. The van der Waals surface area contributed by atoms with Gasteiger partial charge in [0.25, 0.3) is 5.56 Å². The van der Waals surface area contributed by atoms with Crippen molar-refractivity contribution in [2.24, 2.45) is 0 Å². The minimum absolute atomic E-state index is 0.225. The normalized spacial score (nSPS) is 10.8. The summed E-state index contributed by atoms with van der Waals surface area (Å²) in [5.41, 5.74) is 0.526. The molecular formula is C14H8BrFN2O. The number of hydrogen-bond acceptors (Lipinski definition) is 2. The zero-order valence-corrected chi connectivity index (χ0v) is 11.2. The van der Waals surface area contributed by atoms with Gasteiger partial charge in [-0.25, -0.2) is 9.37 Å². The summed E-state index contributed by atoms with van der Waals surface area (Å²) in [7, 11) is 0. The van der Waals surface area contributed by atoms with Gasteiger partial charge in [-0.2, -0.15) is 0 Å². The van der Waals surface area contributed by atoms with Crippen molar-refractivity contribution in [3.8, 4) is 11.4 Å². The van der Waals surface area contributed by atoms with Gasteiger partial charge in [-0.15, -0.1) is 0 Å². The summed E-state index contributed by atoms with van der Waals surface area (Å²) in [5.74, 6) is -0.205. The fourth-order valence-electron chi connectivity index (χ4n) is 1.89. The monoisotopic (exact) mass is 318 g/mol. The van der Waals surface area contributed by atoms with E-state index < -0.39 is 5.82 Å². The Balaban J connectivity index is 2.31. The summed E-state index contributed by atoms with van der Waals surface area (Å²) in [6, 6.07) is 11.5. The van der Waals surface area contributed by atoms with Crippen molar-refractivity contribution < 1.29 is 4.39 Å². The Hall–Kier alpha value is -2.01. The van der Waals surface area contributed by atoms with Crippen molar-refractivity contribution in [2.75, 3.05) is 0 Å². The Bertz CT molecular complexity index is 829. The first-order valence-electron chi connectivity index (χ1n) is 5.59. The largest absolute Gasteiger partial charge is 0.306 e.